The molecule has 2 heterocycles. The van der Waals surface area contributed by atoms with Gasteiger partial charge < -0.3 is 4.74 Å². The number of hydrogen-bond acceptors (Lipinski definition) is 5. The van der Waals surface area contributed by atoms with Crippen LogP contribution in [-0.2, 0) is 6.42 Å². The molecule has 2 aromatic heterocycles. The number of aryl methyl sites for hydroxylation is 1. The molecule has 1 aliphatic rings. The molecule has 2 aromatic carbocycles. The van der Waals surface area contributed by atoms with Crippen molar-refractivity contribution in [3.8, 4) is 17.0 Å². The van der Waals surface area contributed by atoms with Crippen LogP contribution in [0.15, 0.2) is 54.9 Å². The molecule has 5 rings (SSSR count). The molecular formula is C23H20N4O2. The second-order valence-corrected chi connectivity index (χ2v) is 7.37. The molecule has 0 fully saturated rings. The predicted octanol–water partition coefficient (Wildman–Crippen LogP) is 4.02. The summed E-state index contributed by atoms with van der Waals surface area (Å²) in [6.07, 6.45) is 2.62. The number of aromatic nitrogens is 4. The number of ether oxygens (including phenoxy) is 1. The maximum Gasteiger partial charge on any atom is 0.252 e. The van der Waals surface area contributed by atoms with E-state index in [0.29, 0.717) is 24.2 Å². The van der Waals surface area contributed by atoms with Crippen LogP contribution >= 0.6 is 0 Å². The fourth-order valence-electron chi connectivity index (χ4n) is 4.16. The van der Waals surface area contributed by atoms with Gasteiger partial charge in [-0.05, 0) is 42.5 Å². The molecule has 6 nitrogen and oxygen atoms in total. The molecule has 144 valence electrons. The number of benzene rings is 2. The molecule has 1 atom stereocenters. The fourth-order valence-corrected chi connectivity index (χ4v) is 4.16. The molecule has 0 N–H and O–H groups in total. The lowest BCUT2D eigenvalue weighted by molar-refractivity contribution is 0.0963. The second kappa shape index (κ2) is 6.81. The standard InChI is InChI=1S/C23H20N4O2/c1-14-5-3-4-6-18(14)22-21-19(26-23-24-13-25-27(22)23)11-16(12-20(21)28)15-7-9-17(29-2)10-8-15/h3-10,13,16H,11-12H2,1-2H3. The third-order valence-electron chi connectivity index (χ3n) is 5.64. The number of carbonyl (C=O) groups excluding carboxylic acids is 1. The largest absolute Gasteiger partial charge is 0.497 e. The van der Waals surface area contributed by atoms with Gasteiger partial charge in [-0.25, -0.2) is 4.98 Å². The zero-order chi connectivity index (χ0) is 20.0. The average Bonchev–Trinajstić information content (AvgIpc) is 3.21. The molecule has 0 spiro atoms. The first-order chi connectivity index (χ1) is 14.2. The number of nitrogens with zero attached hydrogens (tertiary/aromatic N) is 4. The highest BCUT2D eigenvalue weighted by Gasteiger charge is 2.32. The van der Waals surface area contributed by atoms with Crippen LogP contribution in [0, 0.1) is 6.92 Å². The molecule has 6 heteroatoms. The summed E-state index contributed by atoms with van der Waals surface area (Å²) < 4.78 is 6.94. The third kappa shape index (κ3) is 2.88. The van der Waals surface area contributed by atoms with Gasteiger partial charge in [-0.1, -0.05) is 36.4 Å². The van der Waals surface area contributed by atoms with Crippen molar-refractivity contribution in [3.63, 3.8) is 0 Å². The minimum Gasteiger partial charge on any atom is -0.497 e. The predicted molar refractivity (Wildman–Crippen MR) is 109 cm³/mol. The lowest BCUT2D eigenvalue weighted by Crippen LogP contribution is -2.23. The van der Waals surface area contributed by atoms with Gasteiger partial charge >= 0.3 is 0 Å². The average molecular weight is 384 g/mol. The Balaban J connectivity index is 1.67. The zero-order valence-corrected chi connectivity index (χ0v) is 16.3. The van der Waals surface area contributed by atoms with Crippen LogP contribution in [0.2, 0.25) is 0 Å². The molecule has 0 bridgehead atoms. The SMILES string of the molecule is COc1ccc(C2CC(=O)c3c(nc4ncnn4c3-c3ccccc3C)C2)cc1. The summed E-state index contributed by atoms with van der Waals surface area (Å²) in [4.78, 5) is 22.3. The van der Waals surface area contributed by atoms with Crippen molar-refractivity contribution < 1.29 is 9.53 Å². The first-order valence-corrected chi connectivity index (χ1v) is 9.61. The molecular weight excluding hydrogens is 364 g/mol. The number of hydrogen-bond donors (Lipinski definition) is 0. The van der Waals surface area contributed by atoms with Crippen molar-refractivity contribution in [1.29, 1.82) is 0 Å². The van der Waals surface area contributed by atoms with Gasteiger partial charge in [0, 0.05) is 12.0 Å². The van der Waals surface area contributed by atoms with E-state index in [1.54, 1.807) is 11.6 Å². The summed E-state index contributed by atoms with van der Waals surface area (Å²) in [5.74, 6) is 1.50. The van der Waals surface area contributed by atoms with E-state index in [9.17, 15) is 4.79 Å². The molecule has 0 aliphatic heterocycles. The maximum absolute atomic E-state index is 13.3. The lowest BCUT2D eigenvalue weighted by Gasteiger charge is -2.25. The van der Waals surface area contributed by atoms with Crippen LogP contribution in [-0.4, -0.2) is 32.5 Å². The van der Waals surface area contributed by atoms with E-state index < -0.39 is 0 Å². The summed E-state index contributed by atoms with van der Waals surface area (Å²) in [7, 11) is 1.65. The van der Waals surface area contributed by atoms with Crippen molar-refractivity contribution >= 4 is 11.6 Å². The van der Waals surface area contributed by atoms with Gasteiger partial charge in [0.05, 0.1) is 24.1 Å². The first-order valence-electron chi connectivity index (χ1n) is 9.61. The van der Waals surface area contributed by atoms with Crippen molar-refractivity contribution in [2.45, 2.75) is 25.7 Å². The number of methoxy groups -OCH3 is 1. The van der Waals surface area contributed by atoms with Crippen molar-refractivity contribution in [2.75, 3.05) is 7.11 Å². The molecule has 0 amide bonds. The molecule has 4 aromatic rings. The Morgan fingerprint density at radius 2 is 1.86 bits per heavy atom. The van der Waals surface area contributed by atoms with Gasteiger partial charge in [-0.2, -0.15) is 14.6 Å². The summed E-state index contributed by atoms with van der Waals surface area (Å²) >= 11 is 0. The molecule has 0 saturated carbocycles. The minimum atomic E-state index is 0.0866. The van der Waals surface area contributed by atoms with Crippen molar-refractivity contribution in [1.82, 2.24) is 19.6 Å². The van der Waals surface area contributed by atoms with Crippen LogP contribution in [0.1, 0.15) is 39.5 Å². The highest BCUT2D eigenvalue weighted by Crippen LogP contribution is 2.38. The smallest absolute Gasteiger partial charge is 0.252 e. The Morgan fingerprint density at radius 3 is 2.62 bits per heavy atom. The molecule has 0 radical (unpaired) electrons. The topological polar surface area (TPSA) is 69.4 Å². The monoisotopic (exact) mass is 384 g/mol. The molecule has 29 heavy (non-hydrogen) atoms. The summed E-state index contributed by atoms with van der Waals surface area (Å²) in [5.41, 5.74) is 5.44. The van der Waals surface area contributed by atoms with Crippen LogP contribution in [0.4, 0.5) is 0 Å². The Labute approximate surface area is 168 Å². The van der Waals surface area contributed by atoms with Crippen molar-refractivity contribution in [2.24, 2.45) is 0 Å². The van der Waals surface area contributed by atoms with Gasteiger partial charge in [0.15, 0.2) is 5.78 Å². The van der Waals surface area contributed by atoms with Gasteiger partial charge in [0.1, 0.15) is 12.1 Å². The van der Waals surface area contributed by atoms with Gasteiger partial charge in [0.2, 0.25) is 0 Å². The Bertz CT molecular complexity index is 1230. The van der Waals surface area contributed by atoms with Crippen LogP contribution in [0.5, 0.6) is 5.75 Å². The number of carbonyl (C=O) groups is 1. The molecule has 1 unspecified atom stereocenters. The minimum absolute atomic E-state index is 0.0866. The molecule has 0 saturated heterocycles. The Kier molecular flexibility index (Phi) is 4.12. The number of fused-ring (bicyclic) bond motifs is 2. The highest BCUT2D eigenvalue weighted by molar-refractivity contribution is 6.04. The fraction of sp³-hybridized carbons (Fsp3) is 0.217. The van der Waals surface area contributed by atoms with E-state index in [1.165, 1.54) is 6.33 Å². The number of Topliss-reactive ketones (excluding diaryl/α,β-unsaturated/α-hetero) is 1. The van der Waals surface area contributed by atoms with Gasteiger partial charge in [-0.3, -0.25) is 4.79 Å². The van der Waals surface area contributed by atoms with Crippen LogP contribution in [0.25, 0.3) is 17.0 Å². The maximum atomic E-state index is 13.3. The number of rotatable bonds is 3. The Morgan fingerprint density at radius 1 is 1.07 bits per heavy atom. The second-order valence-electron chi connectivity index (χ2n) is 7.37. The molecule has 1 aliphatic carbocycles. The quantitative estimate of drug-likeness (QED) is 0.534. The normalized spacial score (nSPS) is 16.1. The van der Waals surface area contributed by atoms with Crippen LogP contribution in [0.3, 0.4) is 0 Å². The van der Waals surface area contributed by atoms with E-state index in [4.69, 9.17) is 9.72 Å². The zero-order valence-electron chi connectivity index (χ0n) is 16.3. The van der Waals surface area contributed by atoms with Crippen molar-refractivity contribution in [3.05, 3.63) is 77.2 Å². The summed E-state index contributed by atoms with van der Waals surface area (Å²) in [6, 6.07) is 16.0. The number of ketones is 1. The summed E-state index contributed by atoms with van der Waals surface area (Å²) in [6.45, 7) is 2.04. The van der Waals surface area contributed by atoms with E-state index in [-0.39, 0.29) is 11.7 Å². The van der Waals surface area contributed by atoms with Gasteiger partial charge in [0.25, 0.3) is 5.78 Å². The van der Waals surface area contributed by atoms with Crippen LogP contribution < -0.4 is 4.74 Å². The lowest BCUT2D eigenvalue weighted by atomic mass is 9.80. The Hall–Kier alpha value is -3.54. The summed E-state index contributed by atoms with van der Waals surface area (Å²) in [5, 5.41) is 4.35. The van der Waals surface area contributed by atoms with E-state index >= 15 is 0 Å². The first kappa shape index (κ1) is 17.6. The van der Waals surface area contributed by atoms with E-state index in [1.807, 2.05) is 55.5 Å². The van der Waals surface area contributed by atoms with E-state index in [2.05, 4.69) is 10.1 Å². The van der Waals surface area contributed by atoms with E-state index in [0.717, 1.165) is 33.8 Å². The third-order valence-corrected chi connectivity index (χ3v) is 5.64. The van der Waals surface area contributed by atoms with Gasteiger partial charge in [-0.15, -0.1) is 0 Å². The highest BCUT2D eigenvalue weighted by atomic mass is 16.5.